The van der Waals surface area contributed by atoms with E-state index in [1.165, 1.54) is 32.1 Å². The maximum atomic E-state index is 11.4. The fourth-order valence-electron chi connectivity index (χ4n) is 4.26. The molecule has 1 unspecified atom stereocenters. The van der Waals surface area contributed by atoms with Gasteiger partial charge in [-0.05, 0) is 37.6 Å². The number of likely N-dealkylation sites (N-methyl/N-ethyl adjacent to an activating group) is 1. The quantitative estimate of drug-likeness (QED) is 0.487. The molecule has 0 spiro atoms. The average Bonchev–Trinajstić information content (AvgIpc) is 3.20. The molecule has 2 aliphatic rings. The highest BCUT2D eigenvalue weighted by molar-refractivity contribution is 5.69. The molecule has 8 heteroatoms. The lowest BCUT2D eigenvalue weighted by molar-refractivity contribution is 0.0553. The molecule has 1 aromatic carbocycles. The standard InChI is InChI=1S/C23H37N3O5/c1-25(19-6-4-3-5-7-19)16-20(27)17-31-21-9-8-18(14-22(21)29-2)15-24-10-11-26-12-13-30-23(26)28/h8-9,14,19-20,24,27H,3-7,10-13,15-17H2,1-2H3. The van der Waals surface area contributed by atoms with Gasteiger partial charge < -0.3 is 34.4 Å². The van der Waals surface area contributed by atoms with Crippen molar-refractivity contribution in [3.63, 3.8) is 0 Å². The normalized spacial score (nSPS) is 18.3. The Morgan fingerprint density at radius 1 is 1.29 bits per heavy atom. The molecule has 3 rings (SSSR count). The van der Waals surface area contributed by atoms with Crippen molar-refractivity contribution in [1.29, 1.82) is 0 Å². The fourth-order valence-corrected chi connectivity index (χ4v) is 4.26. The Labute approximate surface area is 185 Å². The van der Waals surface area contributed by atoms with Gasteiger partial charge in [-0.3, -0.25) is 0 Å². The number of benzene rings is 1. The zero-order valence-corrected chi connectivity index (χ0v) is 18.8. The number of nitrogens with one attached hydrogen (secondary N) is 1. The minimum absolute atomic E-state index is 0.233. The van der Waals surface area contributed by atoms with Crippen LogP contribution in [0.25, 0.3) is 0 Å². The minimum atomic E-state index is -0.546. The van der Waals surface area contributed by atoms with E-state index >= 15 is 0 Å². The Morgan fingerprint density at radius 3 is 2.81 bits per heavy atom. The van der Waals surface area contributed by atoms with Crippen LogP contribution in [0.3, 0.4) is 0 Å². The molecular weight excluding hydrogens is 398 g/mol. The second-order valence-electron chi connectivity index (χ2n) is 8.46. The zero-order valence-electron chi connectivity index (χ0n) is 18.8. The third-order valence-corrected chi connectivity index (χ3v) is 6.09. The lowest BCUT2D eigenvalue weighted by atomic mass is 9.94. The van der Waals surface area contributed by atoms with Gasteiger partial charge in [-0.2, -0.15) is 0 Å². The summed E-state index contributed by atoms with van der Waals surface area (Å²) < 4.78 is 16.3. The summed E-state index contributed by atoms with van der Waals surface area (Å²) in [5.74, 6) is 1.28. The van der Waals surface area contributed by atoms with E-state index in [4.69, 9.17) is 14.2 Å². The summed E-state index contributed by atoms with van der Waals surface area (Å²) in [5, 5.41) is 13.8. The molecule has 1 amide bonds. The van der Waals surface area contributed by atoms with Crippen molar-refractivity contribution in [2.45, 2.75) is 50.8 Å². The van der Waals surface area contributed by atoms with Crippen LogP contribution in [0.15, 0.2) is 18.2 Å². The Kier molecular flexibility index (Phi) is 9.24. The summed E-state index contributed by atoms with van der Waals surface area (Å²) in [4.78, 5) is 15.4. The van der Waals surface area contributed by atoms with Gasteiger partial charge in [0.2, 0.25) is 0 Å². The first-order chi connectivity index (χ1) is 15.1. The third-order valence-electron chi connectivity index (χ3n) is 6.09. The van der Waals surface area contributed by atoms with Gasteiger partial charge in [0.05, 0.1) is 13.7 Å². The van der Waals surface area contributed by atoms with Crippen LogP contribution >= 0.6 is 0 Å². The molecule has 1 atom stereocenters. The molecule has 174 valence electrons. The van der Waals surface area contributed by atoms with Crippen LogP contribution in [0, 0.1) is 0 Å². The molecule has 1 aliphatic heterocycles. The fraction of sp³-hybridized carbons (Fsp3) is 0.696. The number of hydrogen-bond acceptors (Lipinski definition) is 7. The van der Waals surface area contributed by atoms with E-state index in [1.807, 2.05) is 18.2 Å². The van der Waals surface area contributed by atoms with Crippen LogP contribution in [-0.4, -0.2) is 86.7 Å². The number of cyclic esters (lactones) is 1. The number of carbonyl (C=O) groups excluding carboxylic acids is 1. The SMILES string of the molecule is COc1cc(CNCCN2CCOC2=O)ccc1OCC(O)CN(C)C1CCCCC1. The summed E-state index contributed by atoms with van der Waals surface area (Å²) in [6, 6.07) is 6.37. The van der Waals surface area contributed by atoms with Crippen molar-refractivity contribution in [3.05, 3.63) is 23.8 Å². The number of aliphatic hydroxyl groups excluding tert-OH is 1. The van der Waals surface area contributed by atoms with Gasteiger partial charge in [0, 0.05) is 32.2 Å². The first-order valence-electron chi connectivity index (χ1n) is 11.4. The van der Waals surface area contributed by atoms with Gasteiger partial charge in [0.15, 0.2) is 11.5 Å². The molecule has 1 heterocycles. The smallest absolute Gasteiger partial charge is 0.409 e. The largest absolute Gasteiger partial charge is 0.493 e. The van der Waals surface area contributed by atoms with E-state index in [-0.39, 0.29) is 12.7 Å². The molecule has 1 saturated carbocycles. The molecular formula is C23H37N3O5. The topological polar surface area (TPSA) is 83.5 Å². The van der Waals surface area contributed by atoms with Crippen molar-refractivity contribution < 1.29 is 24.1 Å². The van der Waals surface area contributed by atoms with Gasteiger partial charge >= 0.3 is 6.09 Å². The van der Waals surface area contributed by atoms with Crippen molar-refractivity contribution in [3.8, 4) is 11.5 Å². The monoisotopic (exact) mass is 435 g/mol. The van der Waals surface area contributed by atoms with Crippen LogP contribution in [0.2, 0.25) is 0 Å². The highest BCUT2D eigenvalue weighted by Crippen LogP contribution is 2.28. The lowest BCUT2D eigenvalue weighted by Crippen LogP contribution is -2.40. The maximum absolute atomic E-state index is 11.4. The molecule has 0 radical (unpaired) electrons. The van der Waals surface area contributed by atoms with Crippen molar-refractivity contribution >= 4 is 6.09 Å². The molecule has 2 fully saturated rings. The van der Waals surface area contributed by atoms with E-state index in [2.05, 4.69) is 17.3 Å². The summed E-state index contributed by atoms with van der Waals surface area (Å²) >= 11 is 0. The number of hydrogen-bond donors (Lipinski definition) is 2. The highest BCUT2D eigenvalue weighted by atomic mass is 16.6. The number of nitrogens with zero attached hydrogens (tertiary/aromatic N) is 2. The Morgan fingerprint density at radius 2 is 2.10 bits per heavy atom. The molecule has 31 heavy (non-hydrogen) atoms. The first-order valence-corrected chi connectivity index (χ1v) is 11.4. The second-order valence-corrected chi connectivity index (χ2v) is 8.46. The third kappa shape index (κ3) is 7.26. The van der Waals surface area contributed by atoms with Crippen molar-refractivity contribution in [2.75, 3.05) is 53.6 Å². The molecule has 0 bridgehead atoms. The van der Waals surface area contributed by atoms with Crippen molar-refractivity contribution in [1.82, 2.24) is 15.1 Å². The molecule has 2 N–H and O–H groups in total. The van der Waals surface area contributed by atoms with Crippen LogP contribution < -0.4 is 14.8 Å². The summed E-state index contributed by atoms with van der Waals surface area (Å²) in [6.07, 6.45) is 5.54. The minimum Gasteiger partial charge on any atom is -0.493 e. The first kappa shape index (κ1) is 23.6. The summed E-state index contributed by atoms with van der Waals surface area (Å²) in [7, 11) is 3.71. The van der Waals surface area contributed by atoms with Gasteiger partial charge in [0.1, 0.15) is 19.3 Å². The van der Waals surface area contributed by atoms with Crippen LogP contribution in [0.5, 0.6) is 11.5 Å². The van der Waals surface area contributed by atoms with Gasteiger partial charge in [-0.1, -0.05) is 25.3 Å². The van der Waals surface area contributed by atoms with E-state index < -0.39 is 6.10 Å². The molecule has 0 aromatic heterocycles. The number of ether oxygens (including phenoxy) is 3. The van der Waals surface area contributed by atoms with E-state index in [0.29, 0.717) is 56.9 Å². The van der Waals surface area contributed by atoms with Crippen LogP contribution in [0.4, 0.5) is 4.79 Å². The summed E-state index contributed by atoms with van der Waals surface area (Å²) in [6.45, 7) is 3.96. The van der Waals surface area contributed by atoms with Crippen molar-refractivity contribution in [2.24, 2.45) is 0 Å². The maximum Gasteiger partial charge on any atom is 0.409 e. The Hall–Kier alpha value is -2.03. The lowest BCUT2D eigenvalue weighted by Gasteiger charge is -2.32. The number of amides is 1. The number of rotatable bonds is 12. The second kappa shape index (κ2) is 12.1. The summed E-state index contributed by atoms with van der Waals surface area (Å²) in [5.41, 5.74) is 1.06. The zero-order chi connectivity index (χ0) is 22.1. The van der Waals surface area contributed by atoms with Crippen LogP contribution in [0.1, 0.15) is 37.7 Å². The van der Waals surface area contributed by atoms with Crippen LogP contribution in [-0.2, 0) is 11.3 Å². The Bertz CT molecular complexity index is 696. The highest BCUT2D eigenvalue weighted by Gasteiger charge is 2.21. The van der Waals surface area contributed by atoms with E-state index in [9.17, 15) is 9.90 Å². The van der Waals surface area contributed by atoms with Gasteiger partial charge in [0.25, 0.3) is 0 Å². The predicted octanol–water partition coefficient (Wildman–Crippen LogP) is 2.24. The number of aliphatic hydroxyl groups is 1. The number of carbonyl (C=O) groups is 1. The average molecular weight is 436 g/mol. The predicted molar refractivity (Wildman–Crippen MR) is 119 cm³/mol. The molecule has 1 aromatic rings. The van der Waals surface area contributed by atoms with E-state index in [0.717, 1.165) is 5.56 Å². The van der Waals surface area contributed by atoms with E-state index in [1.54, 1.807) is 12.0 Å². The van der Waals surface area contributed by atoms with Gasteiger partial charge in [-0.15, -0.1) is 0 Å². The molecule has 1 saturated heterocycles. The van der Waals surface area contributed by atoms with Gasteiger partial charge in [-0.25, -0.2) is 4.79 Å². The molecule has 8 nitrogen and oxygen atoms in total. The number of methoxy groups -OCH3 is 1. The molecule has 1 aliphatic carbocycles. The Balaban J connectivity index is 1.40.